The molecule has 0 bridgehead atoms. The van der Waals surface area contributed by atoms with Crippen LogP contribution in [0.15, 0.2) is 18.2 Å². The van der Waals surface area contributed by atoms with E-state index in [4.69, 9.17) is 19.0 Å². The lowest BCUT2D eigenvalue weighted by Crippen LogP contribution is -2.44. The Morgan fingerprint density at radius 3 is 2.62 bits per heavy atom. The number of hydrogen-bond donors (Lipinski definition) is 0. The Morgan fingerprint density at radius 2 is 2.00 bits per heavy atom. The molecule has 0 saturated carbocycles. The minimum atomic E-state index is -0.559. The first-order chi connectivity index (χ1) is 12.4. The van der Waals surface area contributed by atoms with Gasteiger partial charge in [0.15, 0.2) is 17.8 Å². The van der Waals surface area contributed by atoms with Gasteiger partial charge in [-0.05, 0) is 36.5 Å². The van der Waals surface area contributed by atoms with E-state index < -0.39 is 11.7 Å². The van der Waals surface area contributed by atoms with E-state index >= 15 is 0 Å². The van der Waals surface area contributed by atoms with E-state index in [1.54, 1.807) is 20.4 Å². The molecule has 1 aliphatic rings. The smallest absolute Gasteiger partial charge is 0.220 e. The predicted molar refractivity (Wildman–Crippen MR) is 101 cm³/mol. The Hall–Kier alpha value is -1.95. The van der Waals surface area contributed by atoms with Crippen LogP contribution in [-0.4, -0.2) is 38.2 Å². The number of hydrogen-bond acceptors (Lipinski definition) is 5. The molecule has 2 rings (SSSR count). The van der Waals surface area contributed by atoms with E-state index in [-0.39, 0.29) is 0 Å². The molecular formula is C20H31NO5. The average molecular weight is 365 g/mol. The molecule has 0 radical (unpaired) electrons. The zero-order valence-corrected chi connectivity index (χ0v) is 16.5. The van der Waals surface area contributed by atoms with Crippen LogP contribution in [0.25, 0.3) is 0 Å². The van der Waals surface area contributed by atoms with Gasteiger partial charge in [0.05, 0.1) is 19.6 Å². The van der Waals surface area contributed by atoms with Crippen LogP contribution in [0, 0.1) is 11.1 Å². The summed E-state index contributed by atoms with van der Waals surface area (Å²) in [5.41, 5.74) is 0.516. The van der Waals surface area contributed by atoms with Crippen molar-refractivity contribution >= 4 is 6.21 Å². The Kier molecular flexibility index (Phi) is 7.14. The van der Waals surface area contributed by atoms with Crippen molar-refractivity contribution in [3.63, 3.8) is 0 Å². The van der Waals surface area contributed by atoms with Gasteiger partial charge < -0.3 is 19.0 Å². The van der Waals surface area contributed by atoms with Gasteiger partial charge >= 0.3 is 0 Å². The number of nitrogens with zero attached hydrogens (tertiary/aromatic N) is 1. The fourth-order valence-corrected chi connectivity index (χ4v) is 3.50. The second-order valence-electron chi connectivity index (χ2n) is 7.20. The molecule has 0 aromatic heterocycles. The molecule has 146 valence electrons. The van der Waals surface area contributed by atoms with Gasteiger partial charge in [-0.3, -0.25) is 5.21 Å². The second-order valence-corrected chi connectivity index (χ2v) is 7.20. The number of rotatable bonds is 9. The fourth-order valence-electron chi connectivity index (χ4n) is 3.50. The van der Waals surface area contributed by atoms with Gasteiger partial charge in [-0.1, -0.05) is 33.3 Å². The lowest BCUT2D eigenvalue weighted by molar-refractivity contribution is -0.770. The van der Waals surface area contributed by atoms with E-state index in [1.165, 1.54) is 0 Å². The highest BCUT2D eigenvalue weighted by Crippen LogP contribution is 2.40. The molecule has 1 heterocycles. The topological polar surface area (TPSA) is 63.0 Å². The average Bonchev–Trinajstić information content (AvgIpc) is 2.60. The van der Waals surface area contributed by atoms with Crippen LogP contribution in [0.4, 0.5) is 0 Å². The van der Waals surface area contributed by atoms with Gasteiger partial charge in [0.1, 0.15) is 0 Å². The Balaban J connectivity index is 2.39. The second kappa shape index (κ2) is 9.12. The molecule has 6 nitrogen and oxygen atoms in total. The van der Waals surface area contributed by atoms with E-state index in [9.17, 15) is 5.21 Å². The SMILES string of the molecule is CCCCOC1CC(CC(C)C)(c2ccc(OC)c(OC)c2)C=[N+]([O-])O1. The molecule has 0 aliphatic carbocycles. The lowest BCUT2D eigenvalue weighted by atomic mass is 9.72. The first-order valence-corrected chi connectivity index (χ1v) is 9.27. The summed E-state index contributed by atoms with van der Waals surface area (Å²) in [5, 5.41) is 12.3. The maximum atomic E-state index is 12.3. The Labute approximate surface area is 156 Å². The molecule has 0 amide bonds. The molecular weight excluding hydrogens is 334 g/mol. The summed E-state index contributed by atoms with van der Waals surface area (Å²) in [6, 6.07) is 5.81. The molecule has 2 unspecified atom stereocenters. The van der Waals surface area contributed by atoms with Crippen molar-refractivity contribution in [1.29, 1.82) is 0 Å². The maximum absolute atomic E-state index is 12.3. The third kappa shape index (κ3) is 4.81. The summed E-state index contributed by atoms with van der Waals surface area (Å²) < 4.78 is 16.6. The van der Waals surface area contributed by atoms with Crippen molar-refractivity contribution < 1.29 is 24.0 Å². The van der Waals surface area contributed by atoms with Crippen molar-refractivity contribution in [2.75, 3.05) is 20.8 Å². The normalized spacial score (nSPS) is 22.7. The number of ether oxygens (including phenoxy) is 3. The summed E-state index contributed by atoms with van der Waals surface area (Å²) in [6.07, 6.45) is 4.42. The Bertz CT molecular complexity index is 616. The van der Waals surface area contributed by atoms with Crippen LogP contribution in [0.3, 0.4) is 0 Å². The summed E-state index contributed by atoms with van der Waals surface area (Å²) in [4.78, 5) is 5.89. The largest absolute Gasteiger partial charge is 0.493 e. The highest BCUT2D eigenvalue weighted by molar-refractivity contribution is 5.71. The van der Waals surface area contributed by atoms with Crippen LogP contribution >= 0.6 is 0 Å². The van der Waals surface area contributed by atoms with Crippen molar-refractivity contribution in [2.45, 2.75) is 58.2 Å². The quantitative estimate of drug-likeness (QED) is 0.488. The van der Waals surface area contributed by atoms with Gasteiger partial charge in [-0.25, -0.2) is 0 Å². The molecule has 0 N–H and O–H groups in total. The van der Waals surface area contributed by atoms with Gasteiger partial charge in [0, 0.05) is 17.9 Å². The molecule has 6 heteroatoms. The van der Waals surface area contributed by atoms with E-state index in [1.807, 2.05) is 18.2 Å². The summed E-state index contributed by atoms with van der Waals surface area (Å²) in [6.45, 7) is 6.98. The molecule has 2 atom stereocenters. The number of methoxy groups -OCH3 is 2. The highest BCUT2D eigenvalue weighted by Gasteiger charge is 2.42. The lowest BCUT2D eigenvalue weighted by Gasteiger charge is -2.37. The molecule has 1 aromatic carbocycles. The van der Waals surface area contributed by atoms with Crippen LogP contribution in [0.5, 0.6) is 11.5 Å². The van der Waals surface area contributed by atoms with Gasteiger partial charge in [0.25, 0.3) is 0 Å². The molecule has 0 fully saturated rings. The minimum absolute atomic E-state index is 0.391. The van der Waals surface area contributed by atoms with E-state index in [0.717, 1.165) is 24.8 Å². The third-order valence-corrected chi connectivity index (χ3v) is 4.64. The molecule has 1 aromatic rings. The maximum Gasteiger partial charge on any atom is 0.220 e. The molecule has 1 aliphatic heterocycles. The molecule has 0 saturated heterocycles. The van der Waals surface area contributed by atoms with Gasteiger partial charge in [-0.15, -0.1) is 0 Å². The summed E-state index contributed by atoms with van der Waals surface area (Å²) in [7, 11) is 3.22. The third-order valence-electron chi connectivity index (χ3n) is 4.64. The van der Waals surface area contributed by atoms with Crippen LogP contribution in [0.2, 0.25) is 0 Å². The molecule has 26 heavy (non-hydrogen) atoms. The zero-order valence-electron chi connectivity index (χ0n) is 16.5. The molecule has 0 spiro atoms. The first kappa shape index (κ1) is 20.4. The van der Waals surface area contributed by atoms with Crippen LogP contribution in [-0.2, 0) is 15.0 Å². The van der Waals surface area contributed by atoms with E-state index in [0.29, 0.717) is 35.3 Å². The predicted octanol–water partition coefficient (Wildman–Crippen LogP) is 4.05. The summed E-state index contributed by atoms with van der Waals surface area (Å²) >= 11 is 0. The fraction of sp³-hybridized carbons (Fsp3) is 0.650. The Morgan fingerprint density at radius 1 is 1.27 bits per heavy atom. The van der Waals surface area contributed by atoms with Crippen molar-refractivity contribution in [3.05, 3.63) is 29.0 Å². The van der Waals surface area contributed by atoms with E-state index in [2.05, 4.69) is 20.8 Å². The van der Waals surface area contributed by atoms with Gasteiger partial charge in [-0.2, -0.15) is 0 Å². The number of unbranched alkanes of at least 4 members (excludes halogenated alkanes) is 1. The standard InChI is InChI=1S/C20H31NO5/c1-6-7-10-25-19-13-20(12-15(2)3,14-21(22)26-19)16-8-9-17(23-4)18(11-16)24-5/h8-9,11,14-15,19H,6-7,10,12-13H2,1-5H3. The van der Waals surface area contributed by atoms with Crippen LogP contribution < -0.4 is 9.47 Å². The minimum Gasteiger partial charge on any atom is -0.493 e. The van der Waals surface area contributed by atoms with Crippen molar-refractivity contribution in [3.8, 4) is 11.5 Å². The van der Waals surface area contributed by atoms with Gasteiger partial charge in [0.2, 0.25) is 6.21 Å². The number of benzene rings is 1. The van der Waals surface area contributed by atoms with Crippen LogP contribution in [0.1, 0.15) is 52.0 Å². The van der Waals surface area contributed by atoms with Crippen molar-refractivity contribution in [2.24, 2.45) is 5.92 Å². The monoisotopic (exact) mass is 365 g/mol. The first-order valence-electron chi connectivity index (χ1n) is 9.27. The highest BCUT2D eigenvalue weighted by atomic mass is 16.9. The summed E-state index contributed by atoms with van der Waals surface area (Å²) in [5.74, 6) is 1.70. The zero-order chi connectivity index (χ0) is 19.2. The van der Waals surface area contributed by atoms with Crippen molar-refractivity contribution in [1.82, 2.24) is 0 Å².